The number of halogens is 3. The molecule has 1 aromatic carbocycles. The number of nitrogens with zero attached hydrogens (tertiary/aromatic N) is 1. The van der Waals surface area contributed by atoms with Crippen LogP contribution in [0.2, 0.25) is 0 Å². The molecule has 1 unspecified atom stereocenters. The van der Waals surface area contributed by atoms with Crippen LogP contribution >= 0.6 is 0 Å². The fraction of sp³-hybridized carbons (Fsp3) is 0.571. The quantitative estimate of drug-likeness (QED) is 0.780. The highest BCUT2D eigenvalue weighted by Crippen LogP contribution is 2.36. The van der Waals surface area contributed by atoms with Crippen molar-refractivity contribution < 1.29 is 30.0 Å². The van der Waals surface area contributed by atoms with Crippen LogP contribution < -0.4 is 0 Å². The normalized spacial score (nSPS) is 21.3. The number of sulfone groups is 1. The fourth-order valence-corrected chi connectivity index (χ4v) is 6.56. The van der Waals surface area contributed by atoms with Crippen molar-refractivity contribution in [1.82, 2.24) is 4.31 Å². The summed E-state index contributed by atoms with van der Waals surface area (Å²) >= 11 is 0. The van der Waals surface area contributed by atoms with Crippen molar-refractivity contribution in [2.45, 2.75) is 36.9 Å². The van der Waals surface area contributed by atoms with Gasteiger partial charge in [-0.05, 0) is 25.0 Å². The molecule has 0 N–H and O–H groups in total. The van der Waals surface area contributed by atoms with Crippen LogP contribution in [0.3, 0.4) is 0 Å². The van der Waals surface area contributed by atoms with E-state index in [0.29, 0.717) is 12.5 Å². The van der Waals surface area contributed by atoms with Gasteiger partial charge < -0.3 is 0 Å². The lowest BCUT2D eigenvalue weighted by molar-refractivity contribution is -0.139. The Morgan fingerprint density at radius 3 is 2.38 bits per heavy atom. The summed E-state index contributed by atoms with van der Waals surface area (Å²) in [4.78, 5) is -0.838. The Morgan fingerprint density at radius 2 is 1.88 bits per heavy atom. The lowest BCUT2D eigenvalue weighted by Gasteiger charge is -2.28. The molecule has 0 saturated carbocycles. The van der Waals surface area contributed by atoms with Gasteiger partial charge in [0.2, 0.25) is 10.0 Å². The molecule has 0 amide bonds. The van der Waals surface area contributed by atoms with E-state index in [2.05, 4.69) is 0 Å². The summed E-state index contributed by atoms with van der Waals surface area (Å²) in [5.41, 5.74) is -1.24. The number of hydrogen-bond donors (Lipinski definition) is 0. The zero-order valence-electron chi connectivity index (χ0n) is 13.0. The van der Waals surface area contributed by atoms with Gasteiger partial charge in [0.05, 0.1) is 22.0 Å². The van der Waals surface area contributed by atoms with Crippen molar-refractivity contribution in [1.29, 1.82) is 0 Å². The minimum Gasteiger partial charge on any atom is -0.229 e. The van der Waals surface area contributed by atoms with E-state index < -0.39 is 42.5 Å². The van der Waals surface area contributed by atoms with Crippen LogP contribution in [0, 0.1) is 0 Å². The van der Waals surface area contributed by atoms with Gasteiger partial charge >= 0.3 is 6.18 Å². The van der Waals surface area contributed by atoms with Gasteiger partial charge in [-0.1, -0.05) is 19.1 Å². The van der Waals surface area contributed by atoms with Crippen LogP contribution in [-0.2, 0) is 26.0 Å². The minimum atomic E-state index is -4.82. The maximum atomic E-state index is 13.1. The van der Waals surface area contributed by atoms with Gasteiger partial charge in [-0.25, -0.2) is 16.8 Å². The molecule has 1 aliphatic rings. The van der Waals surface area contributed by atoms with Crippen molar-refractivity contribution >= 4 is 19.9 Å². The molecule has 2 rings (SSSR count). The van der Waals surface area contributed by atoms with Crippen LogP contribution in [-0.4, -0.2) is 45.2 Å². The van der Waals surface area contributed by atoms with Crippen molar-refractivity contribution in [2.75, 3.05) is 18.1 Å². The molecule has 1 saturated heterocycles. The van der Waals surface area contributed by atoms with E-state index in [4.69, 9.17) is 0 Å². The molecule has 0 aromatic heterocycles. The van der Waals surface area contributed by atoms with Crippen LogP contribution in [0.5, 0.6) is 0 Å². The Bertz CT molecular complexity index is 804. The highest BCUT2D eigenvalue weighted by Gasteiger charge is 2.42. The van der Waals surface area contributed by atoms with Crippen LogP contribution in [0.25, 0.3) is 0 Å². The topological polar surface area (TPSA) is 71.5 Å². The molecule has 5 nitrogen and oxygen atoms in total. The largest absolute Gasteiger partial charge is 0.417 e. The van der Waals surface area contributed by atoms with Crippen LogP contribution in [0.1, 0.15) is 25.3 Å². The summed E-state index contributed by atoms with van der Waals surface area (Å²) in [7, 11) is -7.83. The first-order valence-electron chi connectivity index (χ1n) is 7.37. The second-order valence-corrected chi connectivity index (χ2v) is 9.75. The summed E-state index contributed by atoms with van der Waals surface area (Å²) in [5, 5.41) is 0. The van der Waals surface area contributed by atoms with Gasteiger partial charge in [0.25, 0.3) is 0 Å². The van der Waals surface area contributed by atoms with Gasteiger partial charge in [-0.15, -0.1) is 0 Å². The second kappa shape index (κ2) is 6.64. The predicted octanol–water partition coefficient (Wildman–Crippen LogP) is 2.29. The minimum absolute atomic E-state index is 0.0330. The molecule has 24 heavy (non-hydrogen) atoms. The molecule has 0 aliphatic carbocycles. The van der Waals surface area contributed by atoms with Crippen molar-refractivity contribution in [3.63, 3.8) is 0 Å². The molecular weight excluding hydrogens is 367 g/mol. The zero-order chi connectivity index (χ0) is 18.2. The number of hydrogen-bond acceptors (Lipinski definition) is 4. The van der Waals surface area contributed by atoms with Crippen molar-refractivity contribution in [3.8, 4) is 0 Å². The molecule has 0 radical (unpaired) electrons. The Kier molecular flexibility index (Phi) is 5.31. The van der Waals surface area contributed by atoms with E-state index in [1.807, 2.05) is 0 Å². The molecule has 1 aliphatic heterocycles. The molecule has 136 valence electrons. The summed E-state index contributed by atoms with van der Waals surface area (Å²) < 4.78 is 89.3. The SMILES string of the molecule is CCCN(C1CCS(=O)(=O)C1)S(=O)(=O)c1ccccc1C(F)(F)F. The lowest BCUT2D eigenvalue weighted by Crippen LogP contribution is -2.42. The first-order chi connectivity index (χ1) is 11.0. The van der Waals surface area contributed by atoms with E-state index in [0.717, 1.165) is 16.4 Å². The average Bonchev–Trinajstić information content (AvgIpc) is 2.83. The van der Waals surface area contributed by atoms with Crippen molar-refractivity contribution in [3.05, 3.63) is 29.8 Å². The Hall–Kier alpha value is -1.13. The van der Waals surface area contributed by atoms with Gasteiger partial charge in [-0.3, -0.25) is 0 Å². The Labute approximate surface area is 139 Å². The molecular formula is C14H18F3NO4S2. The standard InChI is InChI=1S/C14H18F3NO4S2/c1-2-8-18(11-7-9-23(19,20)10-11)24(21,22)13-6-4-3-5-12(13)14(15,16)17/h3-6,11H,2,7-10H2,1H3. The first-order valence-corrected chi connectivity index (χ1v) is 10.6. The van der Waals surface area contributed by atoms with Gasteiger partial charge in [0.15, 0.2) is 9.84 Å². The van der Waals surface area contributed by atoms with Crippen molar-refractivity contribution in [2.24, 2.45) is 0 Å². The Balaban J connectivity index is 2.51. The molecule has 1 aromatic rings. The number of rotatable bonds is 5. The van der Waals surface area contributed by atoms with Gasteiger partial charge in [-0.2, -0.15) is 17.5 Å². The predicted molar refractivity (Wildman–Crippen MR) is 82.7 cm³/mol. The third-order valence-electron chi connectivity index (χ3n) is 3.84. The summed E-state index contributed by atoms with van der Waals surface area (Å²) in [6.07, 6.45) is -4.36. The molecule has 10 heteroatoms. The van der Waals surface area contributed by atoms with Crippen LogP contribution in [0.15, 0.2) is 29.2 Å². The summed E-state index contributed by atoms with van der Waals surface area (Å²) in [6, 6.07) is 3.12. The van der Waals surface area contributed by atoms with E-state index >= 15 is 0 Å². The second-order valence-electron chi connectivity index (χ2n) is 5.67. The fourth-order valence-electron chi connectivity index (χ4n) is 2.77. The first kappa shape index (κ1) is 19.2. The third kappa shape index (κ3) is 3.92. The molecule has 1 heterocycles. The third-order valence-corrected chi connectivity index (χ3v) is 7.60. The summed E-state index contributed by atoms with van der Waals surface area (Å²) in [5.74, 6) is -0.519. The van der Waals surface area contributed by atoms with Crippen LogP contribution in [0.4, 0.5) is 13.2 Å². The van der Waals surface area contributed by atoms with Gasteiger partial charge in [0.1, 0.15) is 0 Å². The van der Waals surface area contributed by atoms with E-state index in [-0.39, 0.29) is 24.5 Å². The molecule has 0 spiro atoms. The highest BCUT2D eigenvalue weighted by molar-refractivity contribution is 7.92. The summed E-state index contributed by atoms with van der Waals surface area (Å²) in [6.45, 7) is 1.65. The average molecular weight is 385 g/mol. The zero-order valence-corrected chi connectivity index (χ0v) is 14.6. The number of sulfonamides is 1. The van der Waals surface area contributed by atoms with Gasteiger partial charge in [0, 0.05) is 12.6 Å². The maximum absolute atomic E-state index is 13.1. The highest BCUT2D eigenvalue weighted by atomic mass is 32.2. The monoisotopic (exact) mass is 385 g/mol. The number of benzene rings is 1. The molecule has 1 atom stereocenters. The smallest absolute Gasteiger partial charge is 0.229 e. The van der Waals surface area contributed by atoms with E-state index in [1.165, 1.54) is 6.07 Å². The van der Waals surface area contributed by atoms with E-state index in [9.17, 15) is 30.0 Å². The lowest BCUT2D eigenvalue weighted by atomic mass is 10.2. The molecule has 1 fully saturated rings. The molecule has 0 bridgehead atoms. The van der Waals surface area contributed by atoms with E-state index in [1.54, 1.807) is 6.92 Å². The number of alkyl halides is 3. The maximum Gasteiger partial charge on any atom is 0.417 e. The Morgan fingerprint density at radius 1 is 1.25 bits per heavy atom.